The molecule has 12 heavy (non-hydrogen) atoms. The van der Waals surface area contributed by atoms with Gasteiger partial charge in [-0.1, -0.05) is 0 Å². The molecule has 0 spiro atoms. The molecular weight excluding hydrogens is 290 g/mol. The first-order chi connectivity index (χ1) is 5.61. The lowest BCUT2D eigenvalue weighted by molar-refractivity contribution is 0.147. The summed E-state index contributed by atoms with van der Waals surface area (Å²) in [7, 11) is 0. The second kappa shape index (κ2) is 4.28. The minimum absolute atomic E-state index is 0.0243. The van der Waals surface area contributed by atoms with E-state index in [1.54, 1.807) is 0 Å². The molecule has 0 aliphatic carbocycles. The zero-order valence-corrected chi connectivity index (χ0v) is 9.51. The first-order valence-corrected chi connectivity index (χ1v) is 5.22. The van der Waals surface area contributed by atoms with Gasteiger partial charge in [0, 0.05) is 6.54 Å². The van der Waals surface area contributed by atoms with Gasteiger partial charge in [-0.15, -0.1) is 0 Å². The van der Waals surface area contributed by atoms with Crippen molar-refractivity contribution in [1.29, 1.82) is 0 Å². The van der Waals surface area contributed by atoms with E-state index in [9.17, 15) is 4.79 Å². The van der Waals surface area contributed by atoms with Crippen LogP contribution in [0.5, 0.6) is 0 Å². The number of amides is 1. The average Bonchev–Trinajstić information content (AvgIpc) is 2.33. The zero-order chi connectivity index (χ0) is 9.14. The van der Waals surface area contributed by atoms with Gasteiger partial charge in [0.1, 0.15) is 0 Å². The Labute approximate surface area is 87.7 Å². The molecule has 0 aromatic heterocycles. The highest BCUT2D eigenvalue weighted by molar-refractivity contribution is 9.28. The maximum atomic E-state index is 10.7. The molecule has 1 N–H and O–H groups in total. The molecule has 1 aliphatic rings. The van der Waals surface area contributed by atoms with E-state index < -0.39 is 6.09 Å². The van der Waals surface area contributed by atoms with E-state index >= 15 is 0 Å². The second-order valence-electron chi connectivity index (χ2n) is 2.64. The SMILES string of the molecule is O=C(O)N1CCC[C@@H]1C=C(Br)Br. The van der Waals surface area contributed by atoms with Gasteiger partial charge in [-0.05, 0) is 50.8 Å². The van der Waals surface area contributed by atoms with Gasteiger partial charge in [-0.3, -0.25) is 0 Å². The number of hydrogen-bond donors (Lipinski definition) is 1. The maximum Gasteiger partial charge on any atom is 0.407 e. The molecule has 0 bridgehead atoms. The van der Waals surface area contributed by atoms with Crippen molar-refractivity contribution in [2.24, 2.45) is 0 Å². The Morgan fingerprint density at radius 3 is 2.75 bits per heavy atom. The summed E-state index contributed by atoms with van der Waals surface area (Å²) >= 11 is 6.44. The maximum absolute atomic E-state index is 10.7. The number of halogens is 2. The summed E-state index contributed by atoms with van der Waals surface area (Å²) in [4.78, 5) is 12.1. The molecule has 1 saturated heterocycles. The van der Waals surface area contributed by atoms with Crippen LogP contribution in [0.4, 0.5) is 4.79 Å². The molecule has 0 aromatic rings. The fourth-order valence-electron chi connectivity index (χ4n) is 1.35. The highest BCUT2D eigenvalue weighted by atomic mass is 79.9. The summed E-state index contributed by atoms with van der Waals surface area (Å²) in [5.74, 6) is 0. The van der Waals surface area contributed by atoms with Gasteiger partial charge in [-0.2, -0.15) is 0 Å². The molecular formula is C7H9Br2NO2. The summed E-state index contributed by atoms with van der Waals surface area (Å²) in [5, 5.41) is 8.76. The summed E-state index contributed by atoms with van der Waals surface area (Å²) < 4.78 is 0.813. The van der Waals surface area contributed by atoms with Gasteiger partial charge < -0.3 is 10.0 Å². The first-order valence-electron chi connectivity index (χ1n) is 3.63. The predicted octanol–water partition coefficient (Wildman–Crippen LogP) is 2.76. The van der Waals surface area contributed by atoms with Crippen molar-refractivity contribution in [3.63, 3.8) is 0 Å². The lowest BCUT2D eigenvalue weighted by atomic mass is 10.2. The van der Waals surface area contributed by atoms with Crippen LogP contribution in [-0.2, 0) is 0 Å². The molecule has 0 aromatic carbocycles. The largest absolute Gasteiger partial charge is 0.465 e. The molecule has 0 saturated carbocycles. The third-order valence-corrected chi connectivity index (χ3v) is 2.39. The van der Waals surface area contributed by atoms with E-state index in [2.05, 4.69) is 31.9 Å². The van der Waals surface area contributed by atoms with E-state index in [4.69, 9.17) is 5.11 Å². The molecule has 0 radical (unpaired) electrons. The van der Waals surface area contributed by atoms with Crippen LogP contribution < -0.4 is 0 Å². The molecule has 0 unspecified atom stereocenters. The molecule has 1 amide bonds. The van der Waals surface area contributed by atoms with Crippen LogP contribution in [-0.4, -0.2) is 28.7 Å². The zero-order valence-electron chi connectivity index (χ0n) is 6.33. The summed E-state index contributed by atoms with van der Waals surface area (Å²) in [5.41, 5.74) is 0. The molecule has 5 heteroatoms. The molecule has 1 fully saturated rings. The summed E-state index contributed by atoms with van der Waals surface area (Å²) in [6.45, 7) is 0.643. The number of rotatable bonds is 1. The highest BCUT2D eigenvalue weighted by Crippen LogP contribution is 2.23. The van der Waals surface area contributed by atoms with Crippen molar-refractivity contribution in [3.8, 4) is 0 Å². The van der Waals surface area contributed by atoms with Crippen LogP contribution in [0, 0.1) is 0 Å². The number of carboxylic acid groups (broad SMARTS) is 1. The fraction of sp³-hybridized carbons (Fsp3) is 0.571. The Kier molecular flexibility index (Phi) is 3.58. The summed E-state index contributed by atoms with van der Waals surface area (Å²) in [6.07, 6.45) is 2.88. The molecule has 1 heterocycles. The fourth-order valence-corrected chi connectivity index (χ4v) is 1.96. The topological polar surface area (TPSA) is 40.5 Å². The number of carbonyl (C=O) groups is 1. The highest BCUT2D eigenvalue weighted by Gasteiger charge is 2.26. The first kappa shape index (κ1) is 10.1. The smallest absolute Gasteiger partial charge is 0.407 e. The Morgan fingerprint density at radius 1 is 1.58 bits per heavy atom. The third-order valence-electron chi connectivity index (χ3n) is 1.86. The minimum Gasteiger partial charge on any atom is -0.465 e. The van der Waals surface area contributed by atoms with Crippen molar-refractivity contribution in [2.75, 3.05) is 6.54 Å². The summed E-state index contributed by atoms with van der Waals surface area (Å²) in [6, 6.07) is 0.0243. The van der Waals surface area contributed by atoms with Crippen LogP contribution in [0.15, 0.2) is 9.47 Å². The second-order valence-corrected chi connectivity index (χ2v) is 5.41. The molecule has 1 atom stereocenters. The van der Waals surface area contributed by atoms with Crippen LogP contribution in [0.2, 0.25) is 0 Å². The van der Waals surface area contributed by atoms with Crippen LogP contribution in [0.25, 0.3) is 0 Å². The number of likely N-dealkylation sites (tertiary alicyclic amines) is 1. The van der Waals surface area contributed by atoms with Crippen molar-refractivity contribution < 1.29 is 9.90 Å². The van der Waals surface area contributed by atoms with E-state index in [0.717, 1.165) is 16.2 Å². The van der Waals surface area contributed by atoms with Gasteiger partial charge in [-0.25, -0.2) is 4.79 Å². The Hall–Kier alpha value is -0.0300. The van der Waals surface area contributed by atoms with Gasteiger partial charge in [0.05, 0.1) is 9.43 Å². The van der Waals surface area contributed by atoms with E-state index in [1.807, 2.05) is 6.08 Å². The lowest BCUT2D eigenvalue weighted by Gasteiger charge is -2.17. The Morgan fingerprint density at radius 2 is 2.25 bits per heavy atom. The van der Waals surface area contributed by atoms with Crippen LogP contribution >= 0.6 is 31.9 Å². The van der Waals surface area contributed by atoms with Gasteiger partial charge in [0.15, 0.2) is 0 Å². The number of nitrogens with zero attached hydrogens (tertiary/aromatic N) is 1. The average molecular weight is 299 g/mol. The van der Waals surface area contributed by atoms with Crippen molar-refractivity contribution in [1.82, 2.24) is 4.90 Å². The normalized spacial score (nSPS) is 22.5. The third kappa shape index (κ3) is 2.48. The van der Waals surface area contributed by atoms with Gasteiger partial charge >= 0.3 is 6.09 Å². The monoisotopic (exact) mass is 297 g/mol. The van der Waals surface area contributed by atoms with E-state index in [-0.39, 0.29) is 6.04 Å². The Balaban J connectivity index is 2.64. The molecule has 3 nitrogen and oxygen atoms in total. The van der Waals surface area contributed by atoms with Crippen molar-refractivity contribution in [2.45, 2.75) is 18.9 Å². The molecule has 68 valence electrons. The molecule has 1 rings (SSSR count). The quantitative estimate of drug-likeness (QED) is 0.809. The van der Waals surface area contributed by atoms with Gasteiger partial charge in [0.25, 0.3) is 0 Å². The number of hydrogen-bond acceptors (Lipinski definition) is 1. The van der Waals surface area contributed by atoms with Crippen LogP contribution in [0.3, 0.4) is 0 Å². The predicted molar refractivity (Wildman–Crippen MR) is 53.7 cm³/mol. The Bertz CT molecular complexity index is 213. The molecule has 1 aliphatic heterocycles. The minimum atomic E-state index is -0.838. The van der Waals surface area contributed by atoms with E-state index in [1.165, 1.54) is 4.90 Å². The van der Waals surface area contributed by atoms with E-state index in [0.29, 0.717) is 6.54 Å². The van der Waals surface area contributed by atoms with Crippen molar-refractivity contribution in [3.05, 3.63) is 9.47 Å². The van der Waals surface area contributed by atoms with Gasteiger partial charge in [0.2, 0.25) is 0 Å². The van der Waals surface area contributed by atoms with Crippen molar-refractivity contribution >= 4 is 38.0 Å². The standard InChI is InChI=1S/C7H9Br2NO2/c8-6(9)4-5-2-1-3-10(5)7(11)12/h4-5H,1-3H2,(H,11,12)/t5-/m1/s1. The lowest BCUT2D eigenvalue weighted by Crippen LogP contribution is -2.32. The van der Waals surface area contributed by atoms with Crippen LogP contribution in [0.1, 0.15) is 12.8 Å².